The molecule has 1 saturated heterocycles. The topological polar surface area (TPSA) is 54.9 Å². The van der Waals surface area contributed by atoms with Crippen LogP contribution >= 0.6 is 0 Å². The average Bonchev–Trinajstić information content (AvgIpc) is 2.65. The molecule has 5 nitrogen and oxygen atoms in total. The Morgan fingerprint density at radius 2 is 2.08 bits per heavy atom. The number of hydrogen-bond acceptors (Lipinski definition) is 3. The van der Waals surface area contributed by atoms with E-state index in [2.05, 4.69) is 54.6 Å². The fourth-order valence-electron chi connectivity index (χ4n) is 3.32. The van der Waals surface area contributed by atoms with E-state index in [1.54, 1.807) is 7.11 Å². The fourth-order valence-corrected chi connectivity index (χ4v) is 3.32. The van der Waals surface area contributed by atoms with Crippen LogP contribution in [-0.4, -0.2) is 45.9 Å². The van der Waals surface area contributed by atoms with Gasteiger partial charge >= 0.3 is 0 Å². The Hall–Kier alpha value is -1.75. The van der Waals surface area contributed by atoms with Crippen molar-refractivity contribution in [1.29, 1.82) is 0 Å². The number of ether oxygens (including phenoxy) is 2. The molecule has 1 unspecified atom stereocenters. The molecule has 0 amide bonds. The van der Waals surface area contributed by atoms with E-state index in [1.165, 1.54) is 11.1 Å². The van der Waals surface area contributed by atoms with Crippen LogP contribution in [0.1, 0.15) is 44.2 Å². The molecule has 2 N–H and O–H groups in total. The predicted molar refractivity (Wildman–Crippen MR) is 104 cm³/mol. The van der Waals surface area contributed by atoms with E-state index in [1.807, 2.05) is 7.05 Å². The maximum Gasteiger partial charge on any atom is 0.191 e. The summed E-state index contributed by atoms with van der Waals surface area (Å²) in [7, 11) is 3.57. The molecular weight excluding hydrogens is 314 g/mol. The van der Waals surface area contributed by atoms with Gasteiger partial charge in [0.25, 0.3) is 0 Å². The predicted octanol–water partition coefficient (Wildman–Crippen LogP) is 3.02. The maximum atomic E-state index is 5.68. The van der Waals surface area contributed by atoms with Crippen LogP contribution in [-0.2, 0) is 10.2 Å². The first-order chi connectivity index (χ1) is 12.0. The Morgan fingerprint density at radius 3 is 2.68 bits per heavy atom. The van der Waals surface area contributed by atoms with Crippen molar-refractivity contribution in [3.05, 3.63) is 29.3 Å². The number of methoxy groups -OCH3 is 1. The number of hydrogen-bond donors (Lipinski definition) is 2. The van der Waals surface area contributed by atoms with Gasteiger partial charge in [0.15, 0.2) is 5.96 Å². The zero-order chi connectivity index (χ0) is 18.3. The Kier molecular flexibility index (Phi) is 7.12. The first kappa shape index (κ1) is 19.6. The summed E-state index contributed by atoms with van der Waals surface area (Å²) in [4.78, 5) is 4.38. The lowest BCUT2D eigenvalue weighted by Crippen LogP contribution is -2.49. The minimum absolute atomic E-state index is 0.0112. The summed E-state index contributed by atoms with van der Waals surface area (Å²) in [5, 5.41) is 6.98. The largest absolute Gasteiger partial charge is 0.496 e. The zero-order valence-electron chi connectivity index (χ0n) is 16.3. The van der Waals surface area contributed by atoms with Crippen LogP contribution < -0.4 is 15.4 Å². The molecule has 5 heteroatoms. The number of nitrogens with one attached hydrogen (secondary N) is 2. The van der Waals surface area contributed by atoms with E-state index >= 15 is 0 Å². The average molecular weight is 348 g/mol. The van der Waals surface area contributed by atoms with Gasteiger partial charge in [-0.25, -0.2) is 0 Å². The molecule has 0 radical (unpaired) electrons. The Morgan fingerprint density at radius 1 is 1.36 bits per heavy atom. The maximum absolute atomic E-state index is 5.68. The van der Waals surface area contributed by atoms with Crippen molar-refractivity contribution in [2.24, 2.45) is 4.99 Å². The molecule has 0 spiro atoms. The number of aliphatic imine (C=N–C) groups is 1. The standard InChI is InChI=1S/C20H33N3O2/c1-6-16(3)23-19(21-4)22-14-20(9-11-25-12-10-20)17-13-15(2)7-8-18(17)24-5/h7-8,13,16H,6,9-12,14H2,1-5H3,(H2,21,22,23). The Bertz CT molecular complexity index is 580. The second-order valence-electron chi connectivity index (χ2n) is 6.98. The molecule has 1 aromatic carbocycles. The second-order valence-corrected chi connectivity index (χ2v) is 6.98. The van der Waals surface area contributed by atoms with Gasteiger partial charge in [0.1, 0.15) is 5.75 Å². The van der Waals surface area contributed by atoms with Gasteiger partial charge in [-0.1, -0.05) is 24.6 Å². The summed E-state index contributed by atoms with van der Waals surface area (Å²) in [6.45, 7) is 8.83. The van der Waals surface area contributed by atoms with Crippen molar-refractivity contribution in [1.82, 2.24) is 10.6 Å². The first-order valence-corrected chi connectivity index (χ1v) is 9.24. The third-order valence-electron chi connectivity index (χ3n) is 5.19. The number of benzene rings is 1. The van der Waals surface area contributed by atoms with Crippen LogP contribution in [0.25, 0.3) is 0 Å². The van der Waals surface area contributed by atoms with Crippen LogP contribution in [0, 0.1) is 6.92 Å². The number of aryl methyl sites for hydroxylation is 1. The normalized spacial score (nSPS) is 18.5. The molecule has 1 heterocycles. The molecule has 25 heavy (non-hydrogen) atoms. The van der Waals surface area contributed by atoms with Gasteiger partial charge in [0.2, 0.25) is 0 Å². The van der Waals surface area contributed by atoms with Gasteiger partial charge < -0.3 is 20.1 Å². The molecule has 1 aliphatic heterocycles. The first-order valence-electron chi connectivity index (χ1n) is 9.24. The quantitative estimate of drug-likeness (QED) is 0.613. The summed E-state index contributed by atoms with van der Waals surface area (Å²) in [5.74, 6) is 1.81. The number of nitrogens with zero attached hydrogens (tertiary/aromatic N) is 1. The number of rotatable bonds is 6. The summed E-state index contributed by atoms with van der Waals surface area (Å²) in [6.07, 6.45) is 3.01. The van der Waals surface area contributed by atoms with Crippen LogP contribution in [0.3, 0.4) is 0 Å². The molecular formula is C20H33N3O2. The summed E-state index contributed by atoms with van der Waals surface area (Å²) in [5.41, 5.74) is 2.51. The highest BCUT2D eigenvalue weighted by atomic mass is 16.5. The fraction of sp³-hybridized carbons (Fsp3) is 0.650. The molecule has 140 valence electrons. The van der Waals surface area contributed by atoms with Crippen LogP contribution in [0.15, 0.2) is 23.2 Å². The van der Waals surface area contributed by atoms with Crippen molar-refractivity contribution in [2.75, 3.05) is 33.9 Å². The van der Waals surface area contributed by atoms with Gasteiger partial charge in [-0.15, -0.1) is 0 Å². The molecule has 2 rings (SSSR count). The smallest absolute Gasteiger partial charge is 0.191 e. The van der Waals surface area contributed by atoms with Gasteiger partial charge in [-0.2, -0.15) is 0 Å². The van der Waals surface area contributed by atoms with E-state index in [4.69, 9.17) is 9.47 Å². The lowest BCUT2D eigenvalue weighted by atomic mass is 9.73. The molecule has 0 aliphatic carbocycles. The minimum atomic E-state index is -0.0112. The Labute approximate surface area is 152 Å². The summed E-state index contributed by atoms with van der Waals surface area (Å²) >= 11 is 0. The van der Waals surface area contributed by atoms with Crippen molar-refractivity contribution in [2.45, 2.75) is 51.5 Å². The molecule has 0 bridgehead atoms. The number of guanidine groups is 1. The summed E-state index contributed by atoms with van der Waals surface area (Å²) < 4.78 is 11.3. The van der Waals surface area contributed by atoms with E-state index < -0.39 is 0 Å². The van der Waals surface area contributed by atoms with Crippen molar-refractivity contribution in [3.63, 3.8) is 0 Å². The van der Waals surface area contributed by atoms with E-state index in [0.29, 0.717) is 6.04 Å². The zero-order valence-corrected chi connectivity index (χ0v) is 16.3. The van der Waals surface area contributed by atoms with Crippen molar-refractivity contribution in [3.8, 4) is 5.75 Å². The summed E-state index contributed by atoms with van der Waals surface area (Å²) in [6, 6.07) is 6.84. The Balaban J connectivity index is 2.25. The third-order valence-corrected chi connectivity index (χ3v) is 5.19. The lowest BCUT2D eigenvalue weighted by molar-refractivity contribution is 0.0505. The second kappa shape index (κ2) is 9.09. The van der Waals surface area contributed by atoms with Gasteiger partial charge in [-0.05, 0) is 39.2 Å². The highest BCUT2D eigenvalue weighted by molar-refractivity contribution is 5.80. The third kappa shape index (κ3) is 4.88. The van der Waals surface area contributed by atoms with E-state index in [0.717, 1.165) is 50.7 Å². The molecule has 1 fully saturated rings. The molecule has 1 aromatic rings. The van der Waals surface area contributed by atoms with Crippen LogP contribution in [0.4, 0.5) is 0 Å². The highest BCUT2D eigenvalue weighted by Crippen LogP contribution is 2.40. The lowest BCUT2D eigenvalue weighted by Gasteiger charge is -2.39. The van der Waals surface area contributed by atoms with Crippen molar-refractivity contribution >= 4 is 5.96 Å². The van der Waals surface area contributed by atoms with Gasteiger partial charge in [-0.3, -0.25) is 4.99 Å². The van der Waals surface area contributed by atoms with Crippen LogP contribution in [0.2, 0.25) is 0 Å². The van der Waals surface area contributed by atoms with Gasteiger partial charge in [0, 0.05) is 43.8 Å². The van der Waals surface area contributed by atoms with Gasteiger partial charge in [0.05, 0.1) is 7.11 Å². The molecule has 1 aliphatic rings. The molecule has 1 atom stereocenters. The van der Waals surface area contributed by atoms with E-state index in [9.17, 15) is 0 Å². The monoisotopic (exact) mass is 347 g/mol. The van der Waals surface area contributed by atoms with E-state index in [-0.39, 0.29) is 5.41 Å². The molecule has 0 aromatic heterocycles. The van der Waals surface area contributed by atoms with Crippen molar-refractivity contribution < 1.29 is 9.47 Å². The molecule has 0 saturated carbocycles. The van der Waals surface area contributed by atoms with Crippen LogP contribution in [0.5, 0.6) is 5.75 Å². The highest BCUT2D eigenvalue weighted by Gasteiger charge is 2.37. The minimum Gasteiger partial charge on any atom is -0.496 e. The SMILES string of the molecule is CCC(C)NC(=NC)NCC1(c2cc(C)ccc2OC)CCOCC1.